The van der Waals surface area contributed by atoms with Crippen molar-refractivity contribution >= 4 is 52.5 Å². The van der Waals surface area contributed by atoms with Gasteiger partial charge in [-0.15, -0.1) is 5.10 Å². The number of pyridine rings is 1. The number of amides is 2. The molecule has 1 aliphatic carbocycles. The van der Waals surface area contributed by atoms with Crippen molar-refractivity contribution in [3.8, 4) is 11.4 Å². The van der Waals surface area contributed by atoms with Crippen LogP contribution < -0.4 is 15.4 Å². The van der Waals surface area contributed by atoms with Crippen LogP contribution in [0.25, 0.3) is 5.69 Å². The predicted molar refractivity (Wildman–Crippen MR) is 153 cm³/mol. The number of hydrogen-bond donors (Lipinski definition) is 2. The molecular formula is C27H25Cl2N7O3S. The number of carbonyl (C=O) groups excluding carboxylic acids is 2. The third-order valence-electron chi connectivity index (χ3n) is 6.09. The van der Waals surface area contributed by atoms with Gasteiger partial charge in [-0.3, -0.25) is 14.6 Å². The molecule has 2 aromatic carbocycles. The number of benzene rings is 2. The second kappa shape index (κ2) is 13.1. The van der Waals surface area contributed by atoms with Gasteiger partial charge in [-0.1, -0.05) is 41.0 Å². The Kier molecular flexibility index (Phi) is 9.15. The minimum atomic E-state index is -0.293. The maximum atomic E-state index is 12.6. The highest BCUT2D eigenvalue weighted by Crippen LogP contribution is 2.41. The number of carbonyl (C=O) groups is 2. The Hall–Kier alpha value is -3.67. The average molecular weight is 599 g/mol. The van der Waals surface area contributed by atoms with Crippen molar-refractivity contribution in [3.05, 3.63) is 82.1 Å². The number of nitrogens with one attached hydrogen (secondary N) is 2. The van der Waals surface area contributed by atoms with Gasteiger partial charge in [0.2, 0.25) is 11.1 Å². The summed E-state index contributed by atoms with van der Waals surface area (Å²) < 4.78 is 7.06. The molecule has 2 aromatic heterocycles. The lowest BCUT2D eigenvalue weighted by Crippen LogP contribution is -2.30. The number of aromatic nitrogens is 5. The van der Waals surface area contributed by atoms with Crippen LogP contribution in [0.15, 0.2) is 66.1 Å². The molecule has 1 saturated carbocycles. The summed E-state index contributed by atoms with van der Waals surface area (Å²) in [4.78, 5) is 28.7. The summed E-state index contributed by atoms with van der Waals surface area (Å²) in [5, 5.41) is 18.7. The van der Waals surface area contributed by atoms with Gasteiger partial charge in [0.25, 0.3) is 5.91 Å². The highest BCUT2D eigenvalue weighted by Gasteiger charge is 2.24. The summed E-state index contributed by atoms with van der Waals surface area (Å²) >= 11 is 14.0. The largest absolute Gasteiger partial charge is 0.484 e. The summed E-state index contributed by atoms with van der Waals surface area (Å²) in [5.74, 6) is 0.497. The number of ether oxygens (including phenoxy) is 1. The molecule has 5 rings (SSSR count). The minimum absolute atomic E-state index is 0.0480. The standard InChI is InChI=1S/C27H25Cl2N7O3S/c28-21-14-20(39-15-25(37)31-12-9-17-7-10-30-11-8-17)4-5-23(21)32-26(38)16-40-27-33-34-35-36(27)24-6-3-19(13-22(24)29)18-1-2-18/h3-8,10-11,13-14,18H,1-2,9,12,15-16H2,(H,31,37)(H,32,38). The van der Waals surface area contributed by atoms with E-state index < -0.39 is 0 Å². The SMILES string of the molecule is O=C(COc1ccc(NC(=O)CSc2nnnn2-c2ccc(C3CC3)cc2Cl)c(Cl)c1)NCCc1ccncc1. The van der Waals surface area contributed by atoms with Gasteiger partial charge in [-0.25, -0.2) is 0 Å². The van der Waals surface area contributed by atoms with Gasteiger partial charge in [0.15, 0.2) is 6.61 Å². The van der Waals surface area contributed by atoms with Crippen molar-refractivity contribution in [2.24, 2.45) is 0 Å². The van der Waals surface area contributed by atoms with E-state index in [-0.39, 0.29) is 29.2 Å². The van der Waals surface area contributed by atoms with E-state index in [0.29, 0.717) is 46.2 Å². The molecule has 2 N–H and O–H groups in total. The number of nitrogens with zero attached hydrogens (tertiary/aromatic N) is 5. The lowest BCUT2D eigenvalue weighted by Gasteiger charge is -2.11. The molecule has 0 atom stereocenters. The molecule has 40 heavy (non-hydrogen) atoms. The highest BCUT2D eigenvalue weighted by atomic mass is 35.5. The van der Waals surface area contributed by atoms with Gasteiger partial charge in [0, 0.05) is 25.0 Å². The van der Waals surface area contributed by atoms with Crippen LogP contribution in [0.1, 0.15) is 29.9 Å². The molecule has 1 fully saturated rings. The molecule has 4 aromatic rings. The molecule has 206 valence electrons. The zero-order valence-electron chi connectivity index (χ0n) is 21.2. The number of thioether (sulfide) groups is 1. The first-order chi connectivity index (χ1) is 19.5. The fourth-order valence-corrected chi connectivity index (χ4v) is 5.06. The Labute approximate surface area is 244 Å². The molecular weight excluding hydrogens is 573 g/mol. The van der Waals surface area contributed by atoms with Crippen LogP contribution in [-0.2, 0) is 16.0 Å². The molecule has 0 saturated heterocycles. The van der Waals surface area contributed by atoms with E-state index in [2.05, 4.69) is 31.1 Å². The van der Waals surface area contributed by atoms with Crippen LogP contribution in [0.5, 0.6) is 5.75 Å². The first-order valence-corrected chi connectivity index (χ1v) is 14.3. The molecule has 0 spiro atoms. The maximum absolute atomic E-state index is 12.6. The second-order valence-corrected chi connectivity index (χ2v) is 10.8. The van der Waals surface area contributed by atoms with E-state index in [4.69, 9.17) is 27.9 Å². The molecule has 0 bridgehead atoms. The van der Waals surface area contributed by atoms with Crippen molar-refractivity contribution in [2.45, 2.75) is 30.3 Å². The first-order valence-electron chi connectivity index (χ1n) is 12.5. The number of hydrogen-bond acceptors (Lipinski definition) is 8. The molecule has 0 radical (unpaired) electrons. The minimum Gasteiger partial charge on any atom is -0.484 e. The lowest BCUT2D eigenvalue weighted by molar-refractivity contribution is -0.123. The van der Waals surface area contributed by atoms with Crippen LogP contribution >= 0.6 is 35.0 Å². The fourth-order valence-electron chi connectivity index (χ4n) is 3.88. The highest BCUT2D eigenvalue weighted by molar-refractivity contribution is 7.99. The summed E-state index contributed by atoms with van der Waals surface area (Å²) in [6.45, 7) is 0.332. The average Bonchev–Trinajstić information content (AvgIpc) is 3.71. The van der Waals surface area contributed by atoms with Crippen LogP contribution in [0.4, 0.5) is 5.69 Å². The smallest absolute Gasteiger partial charge is 0.257 e. The van der Waals surface area contributed by atoms with Crippen molar-refractivity contribution in [2.75, 3.05) is 24.2 Å². The summed E-state index contributed by atoms with van der Waals surface area (Å²) in [6.07, 6.45) is 6.49. The van der Waals surface area contributed by atoms with E-state index in [1.54, 1.807) is 30.6 Å². The number of tetrazole rings is 1. The van der Waals surface area contributed by atoms with Crippen LogP contribution in [-0.4, -0.2) is 55.9 Å². The molecule has 0 aliphatic heterocycles. The zero-order chi connectivity index (χ0) is 27.9. The van der Waals surface area contributed by atoms with E-state index in [1.165, 1.54) is 34.8 Å². The van der Waals surface area contributed by atoms with Crippen LogP contribution in [0.3, 0.4) is 0 Å². The Morgan fingerprint density at radius 1 is 1.02 bits per heavy atom. The molecule has 0 unspecified atom stereocenters. The van der Waals surface area contributed by atoms with Gasteiger partial charge in [0.1, 0.15) is 5.75 Å². The van der Waals surface area contributed by atoms with E-state index in [1.807, 2.05) is 30.3 Å². The van der Waals surface area contributed by atoms with Gasteiger partial charge in [-0.2, -0.15) is 4.68 Å². The van der Waals surface area contributed by atoms with E-state index in [0.717, 1.165) is 5.56 Å². The summed E-state index contributed by atoms with van der Waals surface area (Å²) in [5.41, 5.74) is 3.36. The van der Waals surface area contributed by atoms with Crippen molar-refractivity contribution in [3.63, 3.8) is 0 Å². The molecule has 2 amide bonds. The van der Waals surface area contributed by atoms with Crippen LogP contribution in [0, 0.1) is 0 Å². The third kappa shape index (κ3) is 7.50. The van der Waals surface area contributed by atoms with Gasteiger partial charge in [-0.05, 0) is 83.1 Å². The maximum Gasteiger partial charge on any atom is 0.257 e. The van der Waals surface area contributed by atoms with Crippen molar-refractivity contribution in [1.29, 1.82) is 0 Å². The normalized spacial score (nSPS) is 12.7. The number of anilines is 1. The summed E-state index contributed by atoms with van der Waals surface area (Å²) in [7, 11) is 0. The molecule has 13 heteroatoms. The topological polar surface area (TPSA) is 124 Å². The predicted octanol–water partition coefficient (Wildman–Crippen LogP) is 4.71. The third-order valence-corrected chi connectivity index (χ3v) is 7.63. The van der Waals surface area contributed by atoms with E-state index >= 15 is 0 Å². The zero-order valence-corrected chi connectivity index (χ0v) is 23.5. The second-order valence-electron chi connectivity index (χ2n) is 9.08. The molecule has 10 nitrogen and oxygen atoms in total. The Morgan fingerprint density at radius 2 is 1.85 bits per heavy atom. The lowest BCUT2D eigenvalue weighted by atomic mass is 10.1. The number of halogens is 2. The summed E-state index contributed by atoms with van der Waals surface area (Å²) in [6, 6.07) is 14.5. The Morgan fingerprint density at radius 3 is 2.60 bits per heavy atom. The van der Waals surface area contributed by atoms with Gasteiger partial charge < -0.3 is 15.4 Å². The van der Waals surface area contributed by atoms with Gasteiger partial charge in [0.05, 0.1) is 27.2 Å². The van der Waals surface area contributed by atoms with Crippen molar-refractivity contribution < 1.29 is 14.3 Å². The fraction of sp³-hybridized carbons (Fsp3) is 0.259. The monoisotopic (exact) mass is 597 g/mol. The van der Waals surface area contributed by atoms with Crippen molar-refractivity contribution in [1.82, 2.24) is 30.5 Å². The Bertz CT molecular complexity index is 1500. The Balaban J connectivity index is 1.08. The molecule has 2 heterocycles. The van der Waals surface area contributed by atoms with Gasteiger partial charge >= 0.3 is 0 Å². The first kappa shape index (κ1) is 27.9. The molecule has 1 aliphatic rings. The number of rotatable bonds is 12. The van der Waals surface area contributed by atoms with E-state index in [9.17, 15) is 9.59 Å². The quantitative estimate of drug-likeness (QED) is 0.225. The van der Waals surface area contributed by atoms with Crippen LogP contribution in [0.2, 0.25) is 10.0 Å².